The maximum atomic E-state index is 9.41. The first-order valence-electron chi connectivity index (χ1n) is 11.0. The Morgan fingerprint density at radius 2 is 1.91 bits per heavy atom. The molecule has 3 aromatic rings. The fourth-order valence-corrected chi connectivity index (χ4v) is 4.30. The lowest BCUT2D eigenvalue weighted by Crippen LogP contribution is -2.40. The molecule has 1 saturated heterocycles. The van der Waals surface area contributed by atoms with Gasteiger partial charge in [0.25, 0.3) is 0 Å². The van der Waals surface area contributed by atoms with Crippen LogP contribution in [-0.2, 0) is 6.54 Å². The Balaban J connectivity index is 1.66. The zero-order valence-corrected chi connectivity index (χ0v) is 19.8. The van der Waals surface area contributed by atoms with Crippen molar-refractivity contribution in [2.75, 3.05) is 25.5 Å². The van der Waals surface area contributed by atoms with Gasteiger partial charge in [0.2, 0.25) is 0 Å². The van der Waals surface area contributed by atoms with Crippen LogP contribution in [0.4, 0.5) is 5.82 Å². The van der Waals surface area contributed by atoms with Crippen LogP contribution in [0.3, 0.4) is 0 Å². The zero-order valence-electron chi connectivity index (χ0n) is 19.1. The molecule has 1 N–H and O–H groups in total. The van der Waals surface area contributed by atoms with Gasteiger partial charge in [-0.1, -0.05) is 29.7 Å². The molecule has 4 rings (SSSR count). The van der Waals surface area contributed by atoms with Crippen molar-refractivity contribution in [2.24, 2.45) is 0 Å². The van der Waals surface area contributed by atoms with Crippen LogP contribution in [0, 0.1) is 23.2 Å². The molecule has 7 heteroatoms. The normalized spacial score (nSPS) is 13.9. The number of benzene rings is 2. The van der Waals surface area contributed by atoms with Crippen molar-refractivity contribution >= 4 is 28.2 Å². The number of methoxy groups -OCH3 is 1. The molecule has 1 aliphatic rings. The number of nitrogens with zero attached hydrogens (tertiary/aromatic N) is 4. The van der Waals surface area contributed by atoms with Gasteiger partial charge in [0, 0.05) is 17.3 Å². The van der Waals surface area contributed by atoms with Crippen LogP contribution >= 0.6 is 11.6 Å². The summed E-state index contributed by atoms with van der Waals surface area (Å²) in [5.41, 5.74) is 1.91. The number of ether oxygens (including phenoxy) is 1. The summed E-state index contributed by atoms with van der Waals surface area (Å²) >= 11 is 6.25. The molecule has 0 saturated carbocycles. The van der Waals surface area contributed by atoms with Gasteiger partial charge >= 0.3 is 0 Å². The van der Waals surface area contributed by atoms with E-state index in [1.54, 1.807) is 13.2 Å². The number of nitriles is 1. The first kappa shape index (κ1) is 22.9. The van der Waals surface area contributed by atoms with E-state index in [1.807, 2.05) is 30.3 Å². The minimum absolute atomic E-state index is 0.234. The molecule has 2 aromatic carbocycles. The predicted molar refractivity (Wildman–Crippen MR) is 131 cm³/mol. The van der Waals surface area contributed by atoms with E-state index in [0.717, 1.165) is 29.4 Å². The number of nitrogens with one attached hydrogen (secondary N) is 1. The maximum Gasteiger partial charge on any atom is 0.156 e. The number of hydrogen-bond acceptors (Lipinski definition) is 6. The van der Waals surface area contributed by atoms with E-state index in [0.29, 0.717) is 34.4 Å². The highest BCUT2D eigenvalue weighted by molar-refractivity contribution is 6.32. The average Bonchev–Trinajstić information content (AvgIpc) is 3.37. The summed E-state index contributed by atoms with van der Waals surface area (Å²) < 4.78 is 5.22. The lowest BCUT2D eigenvalue weighted by molar-refractivity contribution is 0.214. The van der Waals surface area contributed by atoms with Crippen LogP contribution < -0.4 is 10.1 Å². The van der Waals surface area contributed by atoms with Gasteiger partial charge in [-0.3, -0.25) is 4.90 Å². The van der Waals surface area contributed by atoms with Gasteiger partial charge in [-0.15, -0.1) is 10.2 Å². The topological polar surface area (TPSA) is 74.1 Å². The largest absolute Gasteiger partial charge is 0.495 e. The number of rotatable bonds is 5. The third-order valence-electron chi connectivity index (χ3n) is 5.97. The lowest BCUT2D eigenvalue weighted by atomic mass is 10.0. The standard InChI is InChI=1S/C26H26ClN5O/c1-26(2,32-12-4-5-13-32)11-10-23-20-8-6-18(16-28)14-21(20)25(31-30-23)29-17-19-7-9-24(33-3)22(27)15-19/h6-9,14-15H,4-5,12-13,17H2,1-3H3,(H,29,31). The summed E-state index contributed by atoms with van der Waals surface area (Å²) in [6.45, 7) is 6.92. The fraction of sp³-hybridized carbons (Fsp3) is 0.346. The highest BCUT2D eigenvalue weighted by Gasteiger charge is 2.27. The van der Waals surface area contributed by atoms with Gasteiger partial charge in [0.1, 0.15) is 11.4 Å². The summed E-state index contributed by atoms with van der Waals surface area (Å²) in [7, 11) is 1.59. The van der Waals surface area contributed by atoms with Gasteiger partial charge in [0.05, 0.1) is 29.3 Å². The lowest BCUT2D eigenvalue weighted by Gasteiger charge is -2.30. The zero-order chi connectivity index (χ0) is 23.4. The van der Waals surface area contributed by atoms with E-state index < -0.39 is 0 Å². The first-order chi connectivity index (χ1) is 15.9. The number of fused-ring (bicyclic) bond motifs is 1. The Morgan fingerprint density at radius 1 is 1.12 bits per heavy atom. The molecule has 168 valence electrons. The van der Waals surface area contributed by atoms with E-state index in [9.17, 15) is 5.26 Å². The van der Waals surface area contributed by atoms with Gasteiger partial charge in [-0.2, -0.15) is 5.26 Å². The minimum Gasteiger partial charge on any atom is -0.495 e. The molecule has 0 unspecified atom stereocenters. The van der Waals surface area contributed by atoms with Crippen molar-refractivity contribution < 1.29 is 4.74 Å². The Morgan fingerprint density at radius 3 is 2.61 bits per heavy atom. The second-order valence-corrected chi connectivity index (χ2v) is 9.00. The number of hydrogen-bond donors (Lipinski definition) is 1. The first-order valence-corrected chi connectivity index (χ1v) is 11.3. The van der Waals surface area contributed by atoms with Crippen LogP contribution in [0.1, 0.15) is 43.5 Å². The van der Waals surface area contributed by atoms with E-state index in [-0.39, 0.29) is 5.54 Å². The molecule has 0 radical (unpaired) electrons. The van der Waals surface area contributed by atoms with Crippen molar-refractivity contribution in [3.63, 3.8) is 0 Å². The molecule has 0 amide bonds. The highest BCUT2D eigenvalue weighted by atomic mass is 35.5. The Labute approximate surface area is 199 Å². The molecule has 6 nitrogen and oxygen atoms in total. The van der Waals surface area contributed by atoms with E-state index in [2.05, 4.69) is 52.2 Å². The molecule has 33 heavy (non-hydrogen) atoms. The number of halogens is 1. The van der Waals surface area contributed by atoms with Crippen LogP contribution in [0.2, 0.25) is 5.02 Å². The van der Waals surface area contributed by atoms with Gasteiger partial charge in [-0.05, 0) is 75.5 Å². The van der Waals surface area contributed by atoms with E-state index >= 15 is 0 Å². The monoisotopic (exact) mass is 459 g/mol. The van der Waals surface area contributed by atoms with Crippen molar-refractivity contribution in [1.29, 1.82) is 5.26 Å². The summed E-state index contributed by atoms with van der Waals surface area (Å²) in [6.07, 6.45) is 2.43. The SMILES string of the molecule is COc1ccc(CNc2nnc(C#CC(C)(C)N3CCCC3)c3ccc(C#N)cc23)cc1Cl. The van der Waals surface area contributed by atoms with Gasteiger partial charge < -0.3 is 10.1 Å². The molecule has 1 fully saturated rings. The maximum absolute atomic E-state index is 9.41. The third kappa shape index (κ3) is 5.03. The van der Waals surface area contributed by atoms with Crippen LogP contribution in [0.25, 0.3) is 10.8 Å². The van der Waals surface area contributed by atoms with Crippen molar-refractivity contribution in [3.8, 4) is 23.7 Å². The number of anilines is 1. The predicted octanol–water partition coefficient (Wildman–Crippen LogP) is 5.00. The summed E-state index contributed by atoms with van der Waals surface area (Å²) in [6, 6.07) is 13.3. The molecule has 0 atom stereocenters. The average molecular weight is 460 g/mol. The summed E-state index contributed by atoms with van der Waals surface area (Å²) in [4.78, 5) is 2.40. The van der Waals surface area contributed by atoms with Crippen molar-refractivity contribution in [3.05, 3.63) is 58.2 Å². The van der Waals surface area contributed by atoms with E-state index in [4.69, 9.17) is 16.3 Å². The molecule has 0 bridgehead atoms. The molecule has 0 spiro atoms. The Bertz CT molecular complexity index is 1280. The summed E-state index contributed by atoms with van der Waals surface area (Å²) in [5, 5.41) is 23.8. The van der Waals surface area contributed by atoms with Gasteiger partial charge in [0.15, 0.2) is 5.82 Å². The molecule has 1 aliphatic heterocycles. The second kappa shape index (κ2) is 9.67. The molecule has 2 heterocycles. The van der Waals surface area contributed by atoms with Crippen molar-refractivity contribution in [1.82, 2.24) is 15.1 Å². The van der Waals surface area contributed by atoms with Crippen LogP contribution in [0.5, 0.6) is 5.75 Å². The third-order valence-corrected chi connectivity index (χ3v) is 6.26. The summed E-state index contributed by atoms with van der Waals surface area (Å²) in [5.74, 6) is 7.87. The second-order valence-electron chi connectivity index (χ2n) is 8.60. The van der Waals surface area contributed by atoms with Crippen LogP contribution in [0.15, 0.2) is 36.4 Å². The quantitative estimate of drug-likeness (QED) is 0.541. The molecule has 0 aliphatic carbocycles. The molecular weight excluding hydrogens is 434 g/mol. The Hall–Kier alpha value is -3.32. The highest BCUT2D eigenvalue weighted by Crippen LogP contribution is 2.28. The van der Waals surface area contributed by atoms with Crippen LogP contribution in [-0.4, -0.2) is 40.8 Å². The molecule has 1 aromatic heterocycles. The smallest absolute Gasteiger partial charge is 0.156 e. The minimum atomic E-state index is -0.234. The van der Waals surface area contributed by atoms with E-state index in [1.165, 1.54) is 12.8 Å². The Kier molecular flexibility index (Phi) is 6.70. The molecular formula is C26H26ClN5O. The number of aromatic nitrogens is 2. The van der Waals surface area contributed by atoms with Crippen molar-refractivity contribution in [2.45, 2.75) is 38.8 Å². The number of likely N-dealkylation sites (tertiary alicyclic amines) is 1. The van der Waals surface area contributed by atoms with Gasteiger partial charge in [-0.25, -0.2) is 0 Å². The fourth-order valence-electron chi connectivity index (χ4n) is 4.02.